The van der Waals surface area contributed by atoms with E-state index in [4.69, 9.17) is 4.74 Å². The molecule has 1 atom stereocenters. The highest BCUT2D eigenvalue weighted by Crippen LogP contribution is 2.14. The van der Waals surface area contributed by atoms with E-state index in [9.17, 15) is 8.42 Å². The van der Waals surface area contributed by atoms with Crippen LogP contribution in [0.5, 0.6) is 0 Å². The molecule has 0 amide bonds. The predicted molar refractivity (Wildman–Crippen MR) is 86.7 cm³/mol. The average molecular weight is 313 g/mol. The van der Waals surface area contributed by atoms with Gasteiger partial charge in [-0.15, -0.1) is 0 Å². The summed E-state index contributed by atoms with van der Waals surface area (Å²) in [4.78, 5) is 0. The van der Waals surface area contributed by atoms with E-state index in [0.717, 1.165) is 5.56 Å². The number of hydrogen-bond acceptors (Lipinski definition) is 3. The van der Waals surface area contributed by atoms with Crippen LogP contribution < -0.4 is 4.72 Å². The van der Waals surface area contributed by atoms with Crippen LogP contribution in [-0.4, -0.2) is 27.4 Å². The first-order chi connectivity index (χ1) is 9.70. The van der Waals surface area contributed by atoms with E-state index in [1.165, 1.54) is 0 Å². The van der Waals surface area contributed by atoms with Gasteiger partial charge in [-0.2, -0.15) is 0 Å². The van der Waals surface area contributed by atoms with Crippen molar-refractivity contribution in [2.24, 2.45) is 5.41 Å². The highest BCUT2D eigenvalue weighted by molar-refractivity contribution is 7.89. The van der Waals surface area contributed by atoms with E-state index in [-0.39, 0.29) is 17.2 Å². The van der Waals surface area contributed by atoms with Gasteiger partial charge in [0.15, 0.2) is 0 Å². The Morgan fingerprint density at radius 2 is 1.81 bits per heavy atom. The van der Waals surface area contributed by atoms with E-state index in [2.05, 4.69) is 25.5 Å². The van der Waals surface area contributed by atoms with E-state index in [1.54, 1.807) is 0 Å². The van der Waals surface area contributed by atoms with Gasteiger partial charge in [-0.1, -0.05) is 51.1 Å². The monoisotopic (exact) mass is 313 g/mol. The molecule has 0 bridgehead atoms. The van der Waals surface area contributed by atoms with Crippen molar-refractivity contribution in [2.45, 2.75) is 40.2 Å². The van der Waals surface area contributed by atoms with Crippen molar-refractivity contribution in [3.05, 3.63) is 35.9 Å². The fourth-order valence-electron chi connectivity index (χ4n) is 1.87. The normalized spacial score (nSPS) is 14.1. The molecule has 0 spiro atoms. The number of ether oxygens (including phenoxy) is 1. The smallest absolute Gasteiger partial charge is 0.212 e. The van der Waals surface area contributed by atoms with E-state index >= 15 is 0 Å². The Kier molecular flexibility index (Phi) is 6.84. The topological polar surface area (TPSA) is 55.4 Å². The zero-order valence-corrected chi connectivity index (χ0v) is 14.2. The largest absolute Gasteiger partial charge is 0.381 e. The molecule has 4 nitrogen and oxygen atoms in total. The Hall–Kier alpha value is -0.910. The van der Waals surface area contributed by atoms with Crippen LogP contribution in [0.1, 0.15) is 45.7 Å². The highest BCUT2D eigenvalue weighted by Gasteiger charge is 2.16. The summed E-state index contributed by atoms with van der Waals surface area (Å²) in [5.41, 5.74) is 1.07. The maximum absolute atomic E-state index is 12.0. The quantitative estimate of drug-likeness (QED) is 0.750. The Balaban J connectivity index is 2.34. The summed E-state index contributed by atoms with van der Waals surface area (Å²) >= 11 is 0. The summed E-state index contributed by atoms with van der Waals surface area (Å²) in [5.74, 6) is 0.0916. The summed E-state index contributed by atoms with van der Waals surface area (Å²) in [6.45, 7) is 9.23. The molecule has 0 saturated heterocycles. The van der Waals surface area contributed by atoms with Gasteiger partial charge in [-0.3, -0.25) is 0 Å². The van der Waals surface area contributed by atoms with Crippen LogP contribution in [-0.2, 0) is 14.8 Å². The minimum atomic E-state index is -3.27. The molecule has 1 N–H and O–H groups in total. The summed E-state index contributed by atoms with van der Waals surface area (Å²) < 4.78 is 32.2. The van der Waals surface area contributed by atoms with Gasteiger partial charge in [-0.05, 0) is 24.3 Å². The maximum atomic E-state index is 12.0. The molecule has 0 heterocycles. The van der Waals surface area contributed by atoms with Crippen molar-refractivity contribution in [3.63, 3.8) is 0 Å². The lowest BCUT2D eigenvalue weighted by atomic mass is 9.99. The van der Waals surface area contributed by atoms with Crippen molar-refractivity contribution in [1.82, 2.24) is 4.72 Å². The Morgan fingerprint density at radius 3 is 2.38 bits per heavy atom. The first-order valence-electron chi connectivity index (χ1n) is 7.32. The lowest BCUT2D eigenvalue weighted by molar-refractivity contribution is 0.0720. The molecule has 21 heavy (non-hydrogen) atoms. The molecule has 0 aromatic heterocycles. The fourth-order valence-corrected chi connectivity index (χ4v) is 3.16. The van der Waals surface area contributed by atoms with Gasteiger partial charge < -0.3 is 4.74 Å². The Labute approximate surface area is 129 Å². The second kappa shape index (κ2) is 7.92. The third-order valence-corrected chi connectivity index (χ3v) is 4.43. The second-order valence-electron chi connectivity index (χ2n) is 6.54. The third-order valence-electron chi connectivity index (χ3n) is 2.89. The average Bonchev–Trinajstić information content (AvgIpc) is 2.37. The minimum Gasteiger partial charge on any atom is -0.381 e. The molecule has 0 aliphatic rings. The summed E-state index contributed by atoms with van der Waals surface area (Å²) in [5, 5.41) is 0. The predicted octanol–water partition coefficient (Wildman–Crippen LogP) is 3.12. The molecule has 0 saturated carbocycles. The maximum Gasteiger partial charge on any atom is 0.212 e. The zero-order valence-electron chi connectivity index (χ0n) is 13.4. The van der Waals surface area contributed by atoms with Gasteiger partial charge in [0, 0.05) is 12.6 Å². The molecule has 0 unspecified atom stereocenters. The van der Waals surface area contributed by atoms with Crippen LogP contribution in [0.3, 0.4) is 0 Å². The molecule has 0 aliphatic heterocycles. The molecule has 1 rings (SSSR count). The molecule has 120 valence electrons. The van der Waals surface area contributed by atoms with Crippen LogP contribution >= 0.6 is 0 Å². The van der Waals surface area contributed by atoms with Gasteiger partial charge in [0.25, 0.3) is 0 Å². The van der Waals surface area contributed by atoms with Crippen LogP contribution in [0.4, 0.5) is 0 Å². The molecular formula is C16H27NO3S. The van der Waals surface area contributed by atoms with E-state index in [0.29, 0.717) is 19.6 Å². The SMILES string of the molecule is C[C@@H](NS(=O)(=O)CCCOCC(C)(C)C)c1ccccc1. The lowest BCUT2D eigenvalue weighted by Gasteiger charge is -2.18. The van der Waals surface area contributed by atoms with Gasteiger partial charge in [0.1, 0.15) is 0 Å². The van der Waals surface area contributed by atoms with Crippen molar-refractivity contribution < 1.29 is 13.2 Å². The van der Waals surface area contributed by atoms with Crippen molar-refractivity contribution in [2.75, 3.05) is 19.0 Å². The summed E-state index contributed by atoms with van der Waals surface area (Å²) in [6.07, 6.45) is 0.507. The number of benzene rings is 1. The number of rotatable bonds is 8. The standard InChI is InChI=1S/C16H27NO3S/c1-14(15-9-6-5-7-10-15)17-21(18,19)12-8-11-20-13-16(2,3)4/h5-7,9-10,14,17H,8,11-13H2,1-4H3/t14-/m1/s1. The first-order valence-corrected chi connectivity index (χ1v) is 8.97. The van der Waals surface area contributed by atoms with Crippen molar-refractivity contribution >= 4 is 10.0 Å². The minimum absolute atomic E-state index is 0.0916. The zero-order chi connectivity index (χ0) is 15.9. The lowest BCUT2D eigenvalue weighted by Crippen LogP contribution is -2.29. The van der Waals surface area contributed by atoms with Crippen molar-refractivity contribution in [1.29, 1.82) is 0 Å². The van der Waals surface area contributed by atoms with E-state index < -0.39 is 10.0 Å². The highest BCUT2D eigenvalue weighted by atomic mass is 32.2. The van der Waals surface area contributed by atoms with Crippen LogP contribution in [0, 0.1) is 5.41 Å². The Bertz CT molecular complexity index is 506. The second-order valence-corrected chi connectivity index (χ2v) is 8.41. The molecule has 0 fully saturated rings. The first kappa shape index (κ1) is 18.1. The number of hydrogen-bond donors (Lipinski definition) is 1. The van der Waals surface area contributed by atoms with Crippen molar-refractivity contribution in [3.8, 4) is 0 Å². The molecule has 5 heteroatoms. The summed E-state index contributed by atoms with van der Waals surface area (Å²) in [7, 11) is -3.27. The van der Waals surface area contributed by atoms with Gasteiger partial charge in [0.05, 0.1) is 12.4 Å². The molecule has 1 aromatic carbocycles. The van der Waals surface area contributed by atoms with E-state index in [1.807, 2.05) is 37.3 Å². The van der Waals surface area contributed by atoms with Crippen LogP contribution in [0.25, 0.3) is 0 Å². The molecule has 1 aromatic rings. The third kappa shape index (κ3) is 8.19. The van der Waals surface area contributed by atoms with Gasteiger partial charge in [-0.25, -0.2) is 13.1 Å². The summed E-state index contributed by atoms with van der Waals surface area (Å²) in [6, 6.07) is 9.34. The van der Waals surface area contributed by atoms with Gasteiger partial charge in [0.2, 0.25) is 10.0 Å². The van der Waals surface area contributed by atoms with Crippen LogP contribution in [0.2, 0.25) is 0 Å². The van der Waals surface area contributed by atoms with Crippen LogP contribution in [0.15, 0.2) is 30.3 Å². The Morgan fingerprint density at radius 1 is 1.19 bits per heavy atom. The fraction of sp³-hybridized carbons (Fsp3) is 0.625. The molecular weight excluding hydrogens is 286 g/mol. The number of nitrogens with one attached hydrogen (secondary N) is 1. The molecule has 0 radical (unpaired) electrons. The number of sulfonamides is 1. The molecule has 0 aliphatic carbocycles. The van der Waals surface area contributed by atoms with Gasteiger partial charge >= 0.3 is 0 Å².